The van der Waals surface area contributed by atoms with Crippen molar-refractivity contribution in [3.63, 3.8) is 0 Å². The van der Waals surface area contributed by atoms with Crippen molar-refractivity contribution in [2.24, 2.45) is 5.41 Å². The highest BCUT2D eigenvalue weighted by atomic mass is 16.3. The first kappa shape index (κ1) is 12.4. The van der Waals surface area contributed by atoms with Gasteiger partial charge in [0.1, 0.15) is 0 Å². The van der Waals surface area contributed by atoms with Crippen LogP contribution in [0.3, 0.4) is 0 Å². The lowest BCUT2D eigenvalue weighted by Gasteiger charge is -2.20. The van der Waals surface area contributed by atoms with Gasteiger partial charge in [0, 0.05) is 0 Å². The highest BCUT2D eigenvalue weighted by molar-refractivity contribution is 5.25. The fourth-order valence-corrected chi connectivity index (χ4v) is 1.09. The zero-order chi connectivity index (χ0) is 10.5. The van der Waals surface area contributed by atoms with Crippen LogP contribution in [0.25, 0.3) is 0 Å². The zero-order valence-electron chi connectivity index (χ0n) is 9.46. The molecule has 0 rings (SSSR count). The predicted molar refractivity (Wildman–Crippen MR) is 58.6 cm³/mol. The van der Waals surface area contributed by atoms with Crippen LogP contribution < -0.4 is 0 Å². The predicted octanol–water partition coefficient (Wildman–Crippen LogP) is 3.31. The number of hydrogen-bond acceptors (Lipinski definition) is 1. The molecule has 0 aliphatic carbocycles. The van der Waals surface area contributed by atoms with Crippen molar-refractivity contribution in [1.82, 2.24) is 0 Å². The topological polar surface area (TPSA) is 20.2 Å². The first-order valence-corrected chi connectivity index (χ1v) is 4.94. The Morgan fingerprint density at radius 3 is 2.23 bits per heavy atom. The fourth-order valence-electron chi connectivity index (χ4n) is 1.09. The van der Waals surface area contributed by atoms with E-state index in [-0.39, 0.29) is 11.5 Å². The summed E-state index contributed by atoms with van der Waals surface area (Å²) in [6.07, 6.45) is 6.74. The summed E-state index contributed by atoms with van der Waals surface area (Å²) in [6, 6.07) is 0. The lowest BCUT2D eigenvalue weighted by atomic mass is 9.85. The van der Waals surface area contributed by atoms with E-state index >= 15 is 0 Å². The van der Waals surface area contributed by atoms with Crippen LogP contribution in [0.5, 0.6) is 0 Å². The number of aliphatic hydroxyl groups is 1. The van der Waals surface area contributed by atoms with Gasteiger partial charge in [-0.3, -0.25) is 0 Å². The highest BCUT2D eigenvalue weighted by Gasteiger charge is 2.13. The van der Waals surface area contributed by atoms with E-state index in [0.717, 1.165) is 6.42 Å². The Bertz CT molecular complexity index is 192. The molecular weight excluding hydrogens is 160 g/mol. The van der Waals surface area contributed by atoms with Gasteiger partial charge in [0.25, 0.3) is 0 Å². The van der Waals surface area contributed by atoms with Crippen LogP contribution in [0.4, 0.5) is 0 Å². The first-order chi connectivity index (χ1) is 5.88. The molecular formula is C12H22O. The lowest BCUT2D eigenvalue weighted by molar-refractivity contribution is 0.244. The molecule has 0 radical (unpaired) electrons. The molecule has 0 amide bonds. The lowest BCUT2D eigenvalue weighted by Crippen LogP contribution is -2.08. The second-order valence-electron chi connectivity index (χ2n) is 4.42. The molecule has 0 aromatic carbocycles. The van der Waals surface area contributed by atoms with Crippen LogP contribution in [0, 0.1) is 5.41 Å². The minimum Gasteiger partial charge on any atom is -0.389 e. The third-order valence-electron chi connectivity index (χ3n) is 1.84. The average Bonchev–Trinajstić information content (AvgIpc) is 1.95. The van der Waals surface area contributed by atoms with Gasteiger partial charge in [-0.2, -0.15) is 0 Å². The van der Waals surface area contributed by atoms with Crippen molar-refractivity contribution in [3.8, 4) is 0 Å². The van der Waals surface area contributed by atoms with Gasteiger partial charge >= 0.3 is 0 Å². The maximum atomic E-state index is 9.12. The van der Waals surface area contributed by atoms with Gasteiger partial charge in [0.15, 0.2) is 0 Å². The Labute approximate surface area is 82.2 Å². The van der Waals surface area contributed by atoms with E-state index < -0.39 is 0 Å². The Hall–Kier alpha value is -0.560. The van der Waals surface area contributed by atoms with E-state index in [1.165, 1.54) is 5.57 Å². The largest absolute Gasteiger partial charge is 0.389 e. The van der Waals surface area contributed by atoms with Crippen LogP contribution in [-0.4, -0.2) is 11.2 Å². The molecule has 0 spiro atoms. The number of rotatable bonds is 3. The van der Waals surface area contributed by atoms with Gasteiger partial charge in [-0.25, -0.2) is 0 Å². The zero-order valence-corrected chi connectivity index (χ0v) is 9.46. The van der Waals surface area contributed by atoms with Crippen LogP contribution in [0.15, 0.2) is 23.8 Å². The summed E-state index contributed by atoms with van der Waals surface area (Å²) < 4.78 is 0. The van der Waals surface area contributed by atoms with E-state index in [2.05, 4.69) is 33.8 Å². The monoisotopic (exact) mass is 182 g/mol. The average molecular weight is 182 g/mol. The van der Waals surface area contributed by atoms with Crippen molar-refractivity contribution >= 4 is 0 Å². The Balaban J connectivity index is 4.56. The van der Waals surface area contributed by atoms with Gasteiger partial charge in [0.05, 0.1) is 6.10 Å². The second-order valence-corrected chi connectivity index (χ2v) is 4.42. The normalized spacial score (nSPS) is 16.6. The molecule has 1 nitrogen and oxygen atoms in total. The molecule has 0 aliphatic rings. The molecule has 0 heterocycles. The van der Waals surface area contributed by atoms with Gasteiger partial charge in [-0.15, -0.1) is 0 Å². The van der Waals surface area contributed by atoms with Gasteiger partial charge in [-0.05, 0) is 24.3 Å². The molecule has 0 saturated heterocycles. The summed E-state index contributed by atoms with van der Waals surface area (Å²) in [6.45, 7) is 10.4. The van der Waals surface area contributed by atoms with E-state index in [1.807, 2.05) is 12.2 Å². The summed E-state index contributed by atoms with van der Waals surface area (Å²) in [4.78, 5) is 0. The molecule has 0 aromatic heterocycles. The van der Waals surface area contributed by atoms with E-state index in [1.54, 1.807) is 6.92 Å². The number of hydrogen-bond donors (Lipinski definition) is 1. The standard InChI is InChI=1S/C12H22O/c1-6-7-11(12(3,4)5)9-8-10(2)13/h7-10,13H,6H2,1-5H3/b9-8+,11-7-. The van der Waals surface area contributed by atoms with Crippen LogP contribution in [0.1, 0.15) is 41.0 Å². The van der Waals surface area contributed by atoms with Crippen molar-refractivity contribution in [1.29, 1.82) is 0 Å². The Morgan fingerprint density at radius 2 is 1.92 bits per heavy atom. The fraction of sp³-hybridized carbons (Fsp3) is 0.667. The van der Waals surface area contributed by atoms with E-state index in [4.69, 9.17) is 5.11 Å². The molecule has 0 bridgehead atoms. The van der Waals surface area contributed by atoms with Crippen molar-refractivity contribution < 1.29 is 5.11 Å². The summed E-state index contributed by atoms with van der Waals surface area (Å²) in [5.74, 6) is 0. The summed E-state index contributed by atoms with van der Waals surface area (Å²) in [5.41, 5.74) is 1.46. The molecule has 76 valence electrons. The SMILES string of the molecule is CC/C=C(/C=C/C(C)O)C(C)(C)C. The number of aliphatic hydroxyl groups excluding tert-OH is 1. The maximum Gasteiger partial charge on any atom is 0.0695 e. The minimum atomic E-state index is -0.359. The van der Waals surface area contributed by atoms with Crippen molar-refractivity contribution in [2.75, 3.05) is 0 Å². The Kier molecular flexibility index (Phi) is 5.01. The van der Waals surface area contributed by atoms with Gasteiger partial charge in [-0.1, -0.05) is 45.9 Å². The van der Waals surface area contributed by atoms with Gasteiger partial charge < -0.3 is 5.11 Å². The number of allylic oxidation sites excluding steroid dienone is 3. The minimum absolute atomic E-state index is 0.168. The second kappa shape index (κ2) is 5.23. The molecule has 0 aliphatic heterocycles. The smallest absolute Gasteiger partial charge is 0.0695 e. The van der Waals surface area contributed by atoms with Crippen LogP contribution in [0.2, 0.25) is 0 Å². The van der Waals surface area contributed by atoms with E-state index in [9.17, 15) is 0 Å². The molecule has 0 aromatic rings. The quantitative estimate of drug-likeness (QED) is 0.664. The highest BCUT2D eigenvalue weighted by Crippen LogP contribution is 2.26. The molecule has 1 atom stereocenters. The summed E-state index contributed by atoms with van der Waals surface area (Å²) >= 11 is 0. The molecule has 0 saturated carbocycles. The molecule has 0 fully saturated rings. The molecule has 1 unspecified atom stereocenters. The van der Waals surface area contributed by atoms with Crippen LogP contribution in [-0.2, 0) is 0 Å². The third kappa shape index (κ3) is 5.64. The molecule has 13 heavy (non-hydrogen) atoms. The first-order valence-electron chi connectivity index (χ1n) is 4.94. The van der Waals surface area contributed by atoms with Gasteiger partial charge in [0.2, 0.25) is 0 Å². The third-order valence-corrected chi connectivity index (χ3v) is 1.84. The summed E-state index contributed by atoms with van der Waals surface area (Å²) in [7, 11) is 0. The summed E-state index contributed by atoms with van der Waals surface area (Å²) in [5, 5.41) is 9.12. The molecule has 1 heteroatoms. The maximum absolute atomic E-state index is 9.12. The van der Waals surface area contributed by atoms with Crippen LogP contribution >= 0.6 is 0 Å². The van der Waals surface area contributed by atoms with E-state index in [0.29, 0.717) is 0 Å². The van der Waals surface area contributed by atoms with Crippen molar-refractivity contribution in [2.45, 2.75) is 47.1 Å². The van der Waals surface area contributed by atoms with Crippen molar-refractivity contribution in [3.05, 3.63) is 23.8 Å². The Morgan fingerprint density at radius 1 is 1.38 bits per heavy atom. The molecule has 1 N–H and O–H groups in total.